The molecular weight excluding hydrogens is 164 g/mol. The minimum absolute atomic E-state index is 0.0366. The van der Waals surface area contributed by atoms with Crippen LogP contribution in [0.5, 0.6) is 0 Å². The highest BCUT2D eigenvalue weighted by Gasteiger charge is 2.31. The summed E-state index contributed by atoms with van der Waals surface area (Å²) in [7, 11) is 0. The lowest BCUT2D eigenvalue weighted by Gasteiger charge is -2.06. The fraction of sp³-hybridized carbons (Fsp3) is 0.714. The Labute approximate surface area is 68.9 Å². The van der Waals surface area contributed by atoms with E-state index in [0.717, 1.165) is 0 Å². The predicted molar refractivity (Wildman–Crippen MR) is 37.7 cm³/mol. The number of carboxylic acid groups (broad SMARTS) is 2. The molecule has 12 heavy (non-hydrogen) atoms. The van der Waals surface area contributed by atoms with E-state index in [4.69, 9.17) is 14.9 Å². The van der Waals surface area contributed by atoms with Crippen LogP contribution in [0.25, 0.3) is 0 Å². The Morgan fingerprint density at radius 3 is 2.42 bits per heavy atom. The molecule has 1 rings (SSSR count). The zero-order valence-electron chi connectivity index (χ0n) is 6.40. The summed E-state index contributed by atoms with van der Waals surface area (Å²) in [4.78, 5) is 20.7. The number of rotatable bonds is 5. The third kappa shape index (κ3) is 2.87. The zero-order chi connectivity index (χ0) is 9.14. The van der Waals surface area contributed by atoms with Crippen LogP contribution in [0.3, 0.4) is 0 Å². The SMILES string of the molecule is O=C(O)CC(CC1CO1)C(=O)O. The van der Waals surface area contributed by atoms with Crippen molar-refractivity contribution in [3.8, 4) is 0 Å². The van der Waals surface area contributed by atoms with Crippen LogP contribution < -0.4 is 0 Å². The van der Waals surface area contributed by atoms with E-state index in [1.54, 1.807) is 0 Å². The van der Waals surface area contributed by atoms with Crippen LogP contribution in [0.1, 0.15) is 12.8 Å². The number of ether oxygens (including phenoxy) is 1. The smallest absolute Gasteiger partial charge is 0.307 e. The Balaban J connectivity index is 2.36. The van der Waals surface area contributed by atoms with E-state index < -0.39 is 17.9 Å². The first kappa shape index (κ1) is 8.99. The fourth-order valence-corrected chi connectivity index (χ4v) is 1.00. The van der Waals surface area contributed by atoms with Crippen molar-refractivity contribution < 1.29 is 24.5 Å². The van der Waals surface area contributed by atoms with E-state index >= 15 is 0 Å². The first-order chi connectivity index (χ1) is 5.59. The molecule has 0 aromatic rings. The van der Waals surface area contributed by atoms with Gasteiger partial charge in [0.05, 0.1) is 25.0 Å². The number of hydrogen-bond acceptors (Lipinski definition) is 3. The molecule has 0 spiro atoms. The van der Waals surface area contributed by atoms with Gasteiger partial charge in [-0.25, -0.2) is 0 Å². The van der Waals surface area contributed by atoms with Crippen LogP contribution in [0, 0.1) is 5.92 Å². The molecule has 0 radical (unpaired) electrons. The molecule has 0 bridgehead atoms. The second kappa shape index (κ2) is 3.53. The van der Waals surface area contributed by atoms with Gasteiger partial charge in [0.2, 0.25) is 0 Å². The van der Waals surface area contributed by atoms with Crippen LogP contribution >= 0.6 is 0 Å². The van der Waals surface area contributed by atoms with Gasteiger partial charge in [0, 0.05) is 0 Å². The summed E-state index contributed by atoms with van der Waals surface area (Å²) in [5.74, 6) is -2.95. The highest BCUT2D eigenvalue weighted by molar-refractivity contribution is 5.77. The van der Waals surface area contributed by atoms with Gasteiger partial charge in [-0.2, -0.15) is 0 Å². The maximum Gasteiger partial charge on any atom is 0.307 e. The Morgan fingerprint density at radius 1 is 1.50 bits per heavy atom. The van der Waals surface area contributed by atoms with Gasteiger partial charge in [-0.3, -0.25) is 9.59 Å². The number of epoxide rings is 1. The number of carbonyl (C=O) groups is 2. The van der Waals surface area contributed by atoms with Crippen LogP contribution in [-0.2, 0) is 14.3 Å². The molecule has 1 fully saturated rings. The molecule has 5 nitrogen and oxygen atoms in total. The minimum atomic E-state index is -1.08. The monoisotopic (exact) mass is 174 g/mol. The third-order valence-electron chi connectivity index (χ3n) is 1.72. The van der Waals surface area contributed by atoms with E-state index in [2.05, 4.69) is 0 Å². The minimum Gasteiger partial charge on any atom is -0.481 e. The Kier molecular flexibility index (Phi) is 2.65. The molecule has 0 amide bonds. The van der Waals surface area contributed by atoms with Crippen LogP contribution in [-0.4, -0.2) is 34.9 Å². The summed E-state index contributed by atoms with van der Waals surface area (Å²) in [5.41, 5.74) is 0. The molecule has 2 atom stereocenters. The maximum absolute atomic E-state index is 10.5. The molecule has 68 valence electrons. The van der Waals surface area contributed by atoms with Crippen LogP contribution in [0.2, 0.25) is 0 Å². The second-order valence-corrected chi connectivity index (χ2v) is 2.82. The van der Waals surface area contributed by atoms with Crippen molar-refractivity contribution in [1.29, 1.82) is 0 Å². The number of aliphatic carboxylic acids is 2. The molecule has 2 N–H and O–H groups in total. The van der Waals surface area contributed by atoms with E-state index in [1.807, 2.05) is 0 Å². The number of hydrogen-bond donors (Lipinski definition) is 2. The average Bonchev–Trinajstić information content (AvgIpc) is 2.68. The topological polar surface area (TPSA) is 87.1 Å². The molecule has 0 aromatic heterocycles. The molecule has 1 aliphatic rings. The standard InChI is InChI=1S/C7H10O5/c8-6(9)2-4(7(10)11)1-5-3-12-5/h4-5H,1-3H2,(H,8,9)(H,10,11). The quantitative estimate of drug-likeness (QED) is 0.570. The van der Waals surface area contributed by atoms with Crippen molar-refractivity contribution >= 4 is 11.9 Å². The molecule has 1 saturated heterocycles. The molecule has 5 heteroatoms. The van der Waals surface area contributed by atoms with E-state index in [0.29, 0.717) is 13.0 Å². The molecule has 1 aliphatic heterocycles. The highest BCUT2D eigenvalue weighted by Crippen LogP contribution is 2.21. The molecular formula is C7H10O5. The lowest BCUT2D eigenvalue weighted by Crippen LogP contribution is -2.19. The predicted octanol–water partition coefficient (Wildman–Crippen LogP) is -0.0492. The summed E-state index contributed by atoms with van der Waals surface area (Å²) in [5, 5.41) is 16.9. The Hall–Kier alpha value is -1.10. The van der Waals surface area contributed by atoms with E-state index in [-0.39, 0.29) is 12.5 Å². The lowest BCUT2D eigenvalue weighted by atomic mass is 10.0. The van der Waals surface area contributed by atoms with Crippen molar-refractivity contribution in [1.82, 2.24) is 0 Å². The largest absolute Gasteiger partial charge is 0.481 e. The fourth-order valence-electron chi connectivity index (χ4n) is 1.00. The van der Waals surface area contributed by atoms with E-state index in [1.165, 1.54) is 0 Å². The average molecular weight is 174 g/mol. The summed E-state index contributed by atoms with van der Waals surface area (Å²) < 4.78 is 4.81. The highest BCUT2D eigenvalue weighted by atomic mass is 16.6. The molecule has 1 heterocycles. The van der Waals surface area contributed by atoms with Crippen molar-refractivity contribution in [2.45, 2.75) is 18.9 Å². The van der Waals surface area contributed by atoms with Gasteiger partial charge in [0.15, 0.2) is 0 Å². The molecule has 0 saturated carbocycles. The summed E-state index contributed by atoms with van der Waals surface area (Å²) in [6.07, 6.45) is -0.0537. The van der Waals surface area contributed by atoms with Crippen LogP contribution in [0.4, 0.5) is 0 Å². The summed E-state index contributed by atoms with van der Waals surface area (Å²) in [6.45, 7) is 0.559. The van der Waals surface area contributed by atoms with Gasteiger partial charge in [-0.05, 0) is 6.42 Å². The maximum atomic E-state index is 10.5. The van der Waals surface area contributed by atoms with Crippen molar-refractivity contribution in [2.24, 2.45) is 5.92 Å². The number of carboxylic acids is 2. The van der Waals surface area contributed by atoms with Crippen LogP contribution in [0.15, 0.2) is 0 Å². The zero-order valence-corrected chi connectivity index (χ0v) is 6.40. The third-order valence-corrected chi connectivity index (χ3v) is 1.72. The summed E-state index contributed by atoms with van der Waals surface area (Å²) in [6, 6.07) is 0. The van der Waals surface area contributed by atoms with Gasteiger partial charge in [0.25, 0.3) is 0 Å². The normalized spacial score (nSPS) is 23.2. The molecule has 0 aliphatic carbocycles. The summed E-state index contributed by atoms with van der Waals surface area (Å²) >= 11 is 0. The van der Waals surface area contributed by atoms with Crippen molar-refractivity contribution in [3.05, 3.63) is 0 Å². The second-order valence-electron chi connectivity index (χ2n) is 2.82. The first-order valence-electron chi connectivity index (χ1n) is 3.66. The van der Waals surface area contributed by atoms with Crippen molar-refractivity contribution in [3.63, 3.8) is 0 Å². The molecule has 2 unspecified atom stereocenters. The van der Waals surface area contributed by atoms with Gasteiger partial charge in [0.1, 0.15) is 0 Å². The van der Waals surface area contributed by atoms with Crippen molar-refractivity contribution in [2.75, 3.05) is 6.61 Å². The lowest BCUT2D eigenvalue weighted by molar-refractivity contribution is -0.148. The van der Waals surface area contributed by atoms with Gasteiger partial charge >= 0.3 is 11.9 Å². The Morgan fingerprint density at radius 2 is 2.08 bits per heavy atom. The van der Waals surface area contributed by atoms with Gasteiger partial charge in [-0.1, -0.05) is 0 Å². The van der Waals surface area contributed by atoms with Gasteiger partial charge in [-0.15, -0.1) is 0 Å². The van der Waals surface area contributed by atoms with E-state index in [9.17, 15) is 9.59 Å². The molecule has 0 aromatic carbocycles. The van der Waals surface area contributed by atoms with Gasteiger partial charge < -0.3 is 14.9 Å². The Bertz CT molecular complexity index is 196. The first-order valence-corrected chi connectivity index (χ1v) is 3.66.